The first-order valence-corrected chi connectivity index (χ1v) is 7.25. The molecule has 5 nitrogen and oxygen atoms in total. The van der Waals surface area contributed by atoms with E-state index in [9.17, 15) is 10.1 Å². The van der Waals surface area contributed by atoms with Crippen molar-refractivity contribution in [3.05, 3.63) is 58.1 Å². The second kappa shape index (κ2) is 6.91. The summed E-state index contributed by atoms with van der Waals surface area (Å²) in [6.45, 7) is 2.69. The van der Waals surface area contributed by atoms with Crippen LogP contribution in [0.5, 0.6) is 0 Å². The maximum Gasteiger partial charge on any atom is 0.301 e. The van der Waals surface area contributed by atoms with Gasteiger partial charge in [0.15, 0.2) is 5.03 Å². The van der Waals surface area contributed by atoms with Gasteiger partial charge in [0, 0.05) is 18.4 Å². The normalized spacial score (nSPS) is 10.2. The molecule has 20 heavy (non-hydrogen) atoms. The smallest absolute Gasteiger partial charge is 0.301 e. The Kier molecular flexibility index (Phi) is 4.95. The van der Waals surface area contributed by atoms with Crippen molar-refractivity contribution < 1.29 is 4.92 Å². The number of anilines is 1. The molecule has 0 aliphatic rings. The van der Waals surface area contributed by atoms with Gasteiger partial charge < -0.3 is 5.32 Å². The lowest BCUT2D eigenvalue weighted by atomic mass is 10.2. The Hall–Kier alpha value is -2.08. The lowest BCUT2D eigenvalue weighted by Crippen LogP contribution is -2.01. The van der Waals surface area contributed by atoms with Gasteiger partial charge in [-0.1, -0.05) is 42.1 Å². The summed E-state index contributed by atoms with van der Waals surface area (Å²) in [6.07, 6.45) is 0. The van der Waals surface area contributed by atoms with E-state index in [1.54, 1.807) is 6.07 Å². The maximum atomic E-state index is 11.0. The number of nitrogens with zero attached hydrogens (tertiary/aromatic N) is 2. The third-order valence-electron chi connectivity index (χ3n) is 2.61. The zero-order chi connectivity index (χ0) is 14.4. The van der Waals surface area contributed by atoms with Crippen LogP contribution < -0.4 is 5.32 Å². The summed E-state index contributed by atoms with van der Waals surface area (Å²) in [5.41, 5.74) is 1.16. The zero-order valence-electron chi connectivity index (χ0n) is 11.1. The van der Waals surface area contributed by atoms with E-state index >= 15 is 0 Å². The third kappa shape index (κ3) is 3.71. The fraction of sp³-hybridized carbons (Fsp3) is 0.214. The van der Waals surface area contributed by atoms with Crippen LogP contribution in [0.3, 0.4) is 0 Å². The van der Waals surface area contributed by atoms with Gasteiger partial charge in [0.1, 0.15) is 5.82 Å². The van der Waals surface area contributed by atoms with E-state index in [0.29, 0.717) is 16.6 Å². The highest BCUT2D eigenvalue weighted by Gasteiger charge is 2.16. The summed E-state index contributed by atoms with van der Waals surface area (Å²) in [5, 5.41) is 14.5. The number of hydrogen-bond acceptors (Lipinski definition) is 5. The lowest BCUT2D eigenvalue weighted by Gasteiger charge is -2.06. The van der Waals surface area contributed by atoms with E-state index in [1.165, 1.54) is 17.8 Å². The molecule has 2 aromatic rings. The lowest BCUT2D eigenvalue weighted by molar-refractivity contribution is -0.388. The van der Waals surface area contributed by atoms with E-state index in [1.807, 2.05) is 37.3 Å². The van der Waals surface area contributed by atoms with Crippen LogP contribution in [0.15, 0.2) is 47.5 Å². The molecule has 0 radical (unpaired) electrons. The first kappa shape index (κ1) is 14.3. The molecule has 0 unspecified atom stereocenters. The van der Waals surface area contributed by atoms with Crippen LogP contribution in [0.1, 0.15) is 12.5 Å². The fourth-order valence-electron chi connectivity index (χ4n) is 1.68. The highest BCUT2D eigenvalue weighted by Crippen LogP contribution is 2.30. The largest absolute Gasteiger partial charge is 0.370 e. The van der Waals surface area contributed by atoms with Crippen LogP contribution >= 0.6 is 11.8 Å². The Morgan fingerprint density at radius 3 is 2.65 bits per heavy atom. The summed E-state index contributed by atoms with van der Waals surface area (Å²) in [7, 11) is 0. The minimum absolute atomic E-state index is 0.0487. The number of nitrogens with one attached hydrogen (secondary N) is 1. The molecule has 0 bridgehead atoms. The fourth-order valence-corrected chi connectivity index (χ4v) is 2.63. The summed E-state index contributed by atoms with van der Waals surface area (Å²) in [6, 6.07) is 13.0. The number of rotatable bonds is 6. The maximum absolute atomic E-state index is 11.0. The number of thioether (sulfide) groups is 1. The molecular formula is C14H15N3O2S. The Bertz CT molecular complexity index is 590. The standard InChI is InChI=1S/C14H15N3O2S/c1-2-15-13-9-8-12(17(18)19)14(16-13)20-10-11-6-4-3-5-7-11/h3-9H,2,10H2,1H3,(H,15,16). The van der Waals surface area contributed by atoms with Crippen molar-refractivity contribution in [2.75, 3.05) is 11.9 Å². The van der Waals surface area contributed by atoms with Gasteiger partial charge in [0.25, 0.3) is 0 Å². The Balaban J connectivity index is 2.19. The number of benzene rings is 1. The molecule has 0 saturated carbocycles. The molecule has 1 N–H and O–H groups in total. The van der Waals surface area contributed by atoms with Crippen LogP contribution in [0.25, 0.3) is 0 Å². The molecule has 0 aliphatic carbocycles. The van der Waals surface area contributed by atoms with Gasteiger partial charge in [-0.05, 0) is 18.6 Å². The Morgan fingerprint density at radius 1 is 1.25 bits per heavy atom. The average Bonchev–Trinajstić information content (AvgIpc) is 2.46. The van der Waals surface area contributed by atoms with E-state index in [4.69, 9.17) is 0 Å². The molecule has 104 valence electrons. The summed E-state index contributed by atoms with van der Waals surface area (Å²) < 4.78 is 0. The van der Waals surface area contributed by atoms with Gasteiger partial charge in [-0.25, -0.2) is 4.98 Å². The van der Waals surface area contributed by atoms with Gasteiger partial charge in [0.05, 0.1) is 4.92 Å². The second-order valence-electron chi connectivity index (χ2n) is 4.08. The Morgan fingerprint density at radius 2 is 2.00 bits per heavy atom. The van der Waals surface area contributed by atoms with Crippen molar-refractivity contribution >= 4 is 23.3 Å². The van der Waals surface area contributed by atoms with Crippen LogP contribution in [0.4, 0.5) is 11.5 Å². The van der Waals surface area contributed by atoms with E-state index < -0.39 is 4.92 Å². The minimum atomic E-state index is -0.393. The molecule has 1 aromatic carbocycles. The van der Waals surface area contributed by atoms with Crippen molar-refractivity contribution in [3.63, 3.8) is 0 Å². The summed E-state index contributed by atoms with van der Waals surface area (Å²) in [5.74, 6) is 1.32. The SMILES string of the molecule is CCNc1ccc([N+](=O)[O-])c(SCc2ccccc2)n1. The molecule has 0 amide bonds. The second-order valence-corrected chi connectivity index (χ2v) is 5.05. The zero-order valence-corrected chi connectivity index (χ0v) is 11.9. The van der Waals surface area contributed by atoms with Gasteiger partial charge in [-0.2, -0.15) is 0 Å². The van der Waals surface area contributed by atoms with E-state index in [-0.39, 0.29) is 5.69 Å². The molecule has 0 spiro atoms. The highest BCUT2D eigenvalue weighted by atomic mass is 32.2. The quantitative estimate of drug-likeness (QED) is 0.499. The summed E-state index contributed by atoms with van der Waals surface area (Å²) >= 11 is 1.38. The van der Waals surface area contributed by atoms with Gasteiger partial charge in [-0.15, -0.1) is 0 Å². The third-order valence-corrected chi connectivity index (χ3v) is 3.66. The molecule has 6 heteroatoms. The number of nitro groups is 1. The molecule has 0 aliphatic heterocycles. The Labute approximate surface area is 121 Å². The average molecular weight is 289 g/mol. The van der Waals surface area contributed by atoms with Crippen molar-refractivity contribution in [2.45, 2.75) is 17.7 Å². The molecule has 0 fully saturated rings. The molecule has 1 heterocycles. The summed E-state index contributed by atoms with van der Waals surface area (Å²) in [4.78, 5) is 15.0. The molecule has 0 atom stereocenters. The van der Waals surface area contributed by atoms with Gasteiger partial charge in [0.2, 0.25) is 0 Å². The van der Waals surface area contributed by atoms with Crippen molar-refractivity contribution in [2.24, 2.45) is 0 Å². The van der Waals surface area contributed by atoms with Crippen LogP contribution in [0, 0.1) is 10.1 Å². The van der Waals surface area contributed by atoms with Gasteiger partial charge >= 0.3 is 5.69 Å². The highest BCUT2D eigenvalue weighted by molar-refractivity contribution is 7.98. The van der Waals surface area contributed by atoms with E-state index in [2.05, 4.69) is 10.3 Å². The topological polar surface area (TPSA) is 68.1 Å². The number of aromatic nitrogens is 1. The first-order chi connectivity index (χ1) is 9.70. The molecule has 0 saturated heterocycles. The van der Waals surface area contributed by atoms with Crippen LogP contribution in [0.2, 0.25) is 0 Å². The number of pyridine rings is 1. The minimum Gasteiger partial charge on any atom is -0.370 e. The number of hydrogen-bond donors (Lipinski definition) is 1. The van der Waals surface area contributed by atoms with Gasteiger partial charge in [-0.3, -0.25) is 10.1 Å². The van der Waals surface area contributed by atoms with Crippen molar-refractivity contribution in [1.29, 1.82) is 0 Å². The predicted molar refractivity (Wildman–Crippen MR) is 81.1 cm³/mol. The molecule has 1 aromatic heterocycles. The van der Waals surface area contributed by atoms with Crippen molar-refractivity contribution in [1.82, 2.24) is 4.98 Å². The van der Waals surface area contributed by atoms with Crippen LogP contribution in [-0.2, 0) is 5.75 Å². The monoisotopic (exact) mass is 289 g/mol. The predicted octanol–water partition coefficient (Wildman–Crippen LogP) is 3.71. The molecular weight excluding hydrogens is 274 g/mol. The van der Waals surface area contributed by atoms with Crippen molar-refractivity contribution in [3.8, 4) is 0 Å². The molecule has 2 rings (SSSR count). The van der Waals surface area contributed by atoms with Crippen LogP contribution in [-0.4, -0.2) is 16.5 Å². The van der Waals surface area contributed by atoms with E-state index in [0.717, 1.165) is 12.1 Å². The first-order valence-electron chi connectivity index (χ1n) is 6.26.